The lowest BCUT2D eigenvalue weighted by atomic mass is 9.99. The molecule has 0 saturated carbocycles. The van der Waals surface area contributed by atoms with Crippen LogP contribution < -0.4 is 16.0 Å². The van der Waals surface area contributed by atoms with Crippen LogP contribution >= 0.6 is 0 Å². The maximum Gasteiger partial charge on any atom is 0.0372 e. The van der Waals surface area contributed by atoms with Crippen LogP contribution in [-0.4, -0.2) is 26.7 Å². The Labute approximate surface area is 143 Å². The van der Waals surface area contributed by atoms with Crippen molar-refractivity contribution in [3.05, 3.63) is 35.4 Å². The van der Waals surface area contributed by atoms with Crippen molar-refractivity contribution in [2.45, 2.75) is 58.5 Å². The first-order valence-electron chi connectivity index (χ1n) is 8.98. The number of hydrogen-bond acceptors (Lipinski definition) is 3. The molecule has 0 fully saturated rings. The first-order valence-corrected chi connectivity index (χ1v) is 8.98. The van der Waals surface area contributed by atoms with Gasteiger partial charge < -0.3 is 16.0 Å². The maximum absolute atomic E-state index is 6.14. The van der Waals surface area contributed by atoms with Crippen molar-refractivity contribution in [2.24, 2.45) is 5.73 Å². The number of anilines is 1. The molecule has 0 radical (unpaired) electrons. The van der Waals surface area contributed by atoms with Gasteiger partial charge in [0.25, 0.3) is 0 Å². The Balaban J connectivity index is 3.04. The molecule has 0 bridgehead atoms. The lowest BCUT2D eigenvalue weighted by Gasteiger charge is -2.30. The SMILES string of the molecule is CCC/C=C/c1cc(N(C)C(CC)CCNC)ccc1C(C)N. The monoisotopic (exact) mass is 317 g/mol. The molecule has 0 aliphatic heterocycles. The van der Waals surface area contributed by atoms with Gasteiger partial charge in [-0.25, -0.2) is 0 Å². The third kappa shape index (κ3) is 6.00. The predicted molar refractivity (Wildman–Crippen MR) is 104 cm³/mol. The van der Waals surface area contributed by atoms with Crippen LogP contribution in [0.25, 0.3) is 6.08 Å². The topological polar surface area (TPSA) is 41.3 Å². The highest BCUT2D eigenvalue weighted by Gasteiger charge is 2.14. The Morgan fingerprint density at radius 2 is 2.04 bits per heavy atom. The quantitative estimate of drug-likeness (QED) is 0.674. The summed E-state index contributed by atoms with van der Waals surface area (Å²) in [4.78, 5) is 2.40. The van der Waals surface area contributed by atoms with Gasteiger partial charge in [0.15, 0.2) is 0 Å². The molecule has 0 aromatic heterocycles. The Morgan fingerprint density at radius 3 is 2.61 bits per heavy atom. The standard InChI is InChI=1S/C20H35N3/c1-6-8-9-10-17-15-19(11-12-20(17)16(3)21)23(5)18(7-2)13-14-22-4/h9-12,15-16,18,22H,6-8,13-14,21H2,1-5H3/b10-9+. The van der Waals surface area contributed by atoms with Crippen molar-refractivity contribution >= 4 is 11.8 Å². The second-order valence-corrected chi connectivity index (χ2v) is 6.36. The van der Waals surface area contributed by atoms with Crippen LogP contribution in [0.3, 0.4) is 0 Å². The van der Waals surface area contributed by atoms with Crippen molar-refractivity contribution in [3.8, 4) is 0 Å². The Hall–Kier alpha value is -1.32. The summed E-state index contributed by atoms with van der Waals surface area (Å²) in [5.41, 5.74) is 9.88. The van der Waals surface area contributed by atoms with Gasteiger partial charge in [0.1, 0.15) is 0 Å². The van der Waals surface area contributed by atoms with E-state index in [-0.39, 0.29) is 6.04 Å². The highest BCUT2D eigenvalue weighted by molar-refractivity contribution is 5.62. The molecule has 23 heavy (non-hydrogen) atoms. The van der Waals surface area contributed by atoms with Crippen LogP contribution in [0, 0.1) is 0 Å². The van der Waals surface area contributed by atoms with Crippen LogP contribution in [0.4, 0.5) is 5.69 Å². The summed E-state index contributed by atoms with van der Waals surface area (Å²) in [6.45, 7) is 7.56. The van der Waals surface area contributed by atoms with E-state index >= 15 is 0 Å². The minimum Gasteiger partial charge on any atom is -0.372 e. The fourth-order valence-electron chi connectivity index (χ4n) is 2.91. The minimum absolute atomic E-state index is 0.0573. The summed E-state index contributed by atoms with van der Waals surface area (Å²) in [6.07, 6.45) is 9.06. The maximum atomic E-state index is 6.14. The number of allylic oxidation sites excluding steroid dienone is 1. The average molecular weight is 318 g/mol. The van der Waals surface area contributed by atoms with Crippen molar-refractivity contribution in [1.29, 1.82) is 0 Å². The molecule has 0 amide bonds. The van der Waals surface area contributed by atoms with Gasteiger partial charge in [0.2, 0.25) is 0 Å². The first kappa shape index (κ1) is 19.7. The van der Waals surface area contributed by atoms with Crippen LogP contribution in [0.5, 0.6) is 0 Å². The highest BCUT2D eigenvalue weighted by Crippen LogP contribution is 2.26. The molecule has 1 aromatic carbocycles. The zero-order valence-electron chi connectivity index (χ0n) is 15.6. The molecule has 2 unspecified atom stereocenters. The highest BCUT2D eigenvalue weighted by atomic mass is 15.1. The fourth-order valence-corrected chi connectivity index (χ4v) is 2.91. The van der Waals surface area contributed by atoms with Gasteiger partial charge in [0, 0.05) is 24.8 Å². The van der Waals surface area contributed by atoms with Crippen LogP contribution in [0.1, 0.15) is 63.6 Å². The molecule has 130 valence electrons. The van der Waals surface area contributed by atoms with Crippen molar-refractivity contribution in [3.63, 3.8) is 0 Å². The zero-order valence-corrected chi connectivity index (χ0v) is 15.6. The molecule has 3 heteroatoms. The third-order valence-corrected chi connectivity index (χ3v) is 4.47. The summed E-state index contributed by atoms with van der Waals surface area (Å²) in [7, 11) is 4.21. The van der Waals surface area contributed by atoms with Gasteiger partial charge in [-0.3, -0.25) is 0 Å². The van der Waals surface area contributed by atoms with Gasteiger partial charge in [-0.15, -0.1) is 0 Å². The van der Waals surface area contributed by atoms with Crippen LogP contribution in [0.2, 0.25) is 0 Å². The molecule has 0 aliphatic rings. The molecule has 1 rings (SSSR count). The van der Waals surface area contributed by atoms with E-state index in [1.54, 1.807) is 0 Å². The molecule has 3 N–H and O–H groups in total. The van der Waals surface area contributed by atoms with E-state index in [1.165, 1.54) is 23.2 Å². The van der Waals surface area contributed by atoms with Gasteiger partial charge >= 0.3 is 0 Å². The summed E-state index contributed by atoms with van der Waals surface area (Å²) < 4.78 is 0. The van der Waals surface area contributed by atoms with Gasteiger partial charge in [-0.2, -0.15) is 0 Å². The largest absolute Gasteiger partial charge is 0.372 e. The van der Waals surface area contributed by atoms with Crippen molar-refractivity contribution < 1.29 is 0 Å². The third-order valence-electron chi connectivity index (χ3n) is 4.47. The Kier molecular flexibility index (Phi) is 8.97. The van der Waals surface area contributed by atoms with E-state index in [4.69, 9.17) is 5.73 Å². The zero-order chi connectivity index (χ0) is 17.2. The number of rotatable bonds is 10. The van der Waals surface area contributed by atoms with Crippen LogP contribution in [-0.2, 0) is 0 Å². The summed E-state index contributed by atoms with van der Waals surface area (Å²) in [6, 6.07) is 7.29. The van der Waals surface area contributed by atoms with E-state index in [0.717, 1.165) is 25.8 Å². The number of nitrogens with one attached hydrogen (secondary N) is 1. The van der Waals surface area contributed by atoms with Gasteiger partial charge in [0.05, 0.1) is 0 Å². The van der Waals surface area contributed by atoms with Gasteiger partial charge in [-0.05, 0) is 63.0 Å². The van der Waals surface area contributed by atoms with E-state index in [9.17, 15) is 0 Å². The van der Waals surface area contributed by atoms with Crippen molar-refractivity contribution in [1.82, 2.24) is 5.32 Å². The summed E-state index contributed by atoms with van der Waals surface area (Å²) in [5.74, 6) is 0. The average Bonchev–Trinajstić information content (AvgIpc) is 2.55. The fraction of sp³-hybridized carbons (Fsp3) is 0.600. The molecular weight excluding hydrogens is 282 g/mol. The number of nitrogens with two attached hydrogens (primary N) is 1. The molecule has 0 aliphatic carbocycles. The molecule has 1 aromatic rings. The predicted octanol–water partition coefficient (Wildman–Crippen LogP) is 4.34. The molecule has 0 heterocycles. The molecule has 3 nitrogen and oxygen atoms in total. The second-order valence-electron chi connectivity index (χ2n) is 6.36. The minimum atomic E-state index is 0.0573. The number of benzene rings is 1. The molecular formula is C20H35N3. The van der Waals surface area contributed by atoms with E-state index < -0.39 is 0 Å². The second kappa shape index (κ2) is 10.5. The smallest absolute Gasteiger partial charge is 0.0372 e. The van der Waals surface area contributed by atoms with Gasteiger partial charge in [-0.1, -0.05) is 38.5 Å². The Morgan fingerprint density at radius 1 is 1.30 bits per heavy atom. The normalized spacial score (nSPS) is 14.2. The molecule has 0 saturated heterocycles. The van der Waals surface area contributed by atoms with Crippen molar-refractivity contribution in [2.75, 3.05) is 25.5 Å². The number of hydrogen-bond donors (Lipinski definition) is 2. The molecule has 2 atom stereocenters. The lowest BCUT2D eigenvalue weighted by Crippen LogP contribution is -2.33. The number of nitrogens with zero attached hydrogens (tertiary/aromatic N) is 1. The first-order chi connectivity index (χ1) is 11.0. The summed E-state index contributed by atoms with van der Waals surface area (Å²) in [5, 5.41) is 3.25. The number of unbranched alkanes of at least 4 members (excludes halogenated alkanes) is 1. The van der Waals surface area contributed by atoms with E-state index in [1.807, 2.05) is 7.05 Å². The van der Waals surface area contributed by atoms with E-state index in [2.05, 4.69) is 68.4 Å². The van der Waals surface area contributed by atoms with Crippen LogP contribution in [0.15, 0.2) is 24.3 Å². The van der Waals surface area contributed by atoms with E-state index in [0.29, 0.717) is 6.04 Å². The summed E-state index contributed by atoms with van der Waals surface area (Å²) >= 11 is 0. The lowest BCUT2D eigenvalue weighted by molar-refractivity contribution is 0.547. The Bertz CT molecular complexity index is 480. The molecule has 0 spiro atoms.